The van der Waals surface area contributed by atoms with Crippen molar-refractivity contribution in [2.75, 3.05) is 5.73 Å². The Labute approximate surface area is 110 Å². The van der Waals surface area contributed by atoms with Gasteiger partial charge in [0.1, 0.15) is 10.8 Å². The molecule has 2 aromatic rings. The minimum absolute atomic E-state index is 0. The van der Waals surface area contributed by atoms with E-state index < -0.39 is 6.36 Å². The van der Waals surface area contributed by atoms with Crippen molar-refractivity contribution in [3.05, 3.63) is 24.3 Å². The molecule has 0 aliphatic heterocycles. The number of ether oxygens (including phenoxy) is 1. The molecule has 2 rings (SSSR count). The van der Waals surface area contributed by atoms with Crippen LogP contribution in [-0.2, 0) is 0 Å². The van der Waals surface area contributed by atoms with Crippen molar-refractivity contribution >= 4 is 28.9 Å². The van der Waals surface area contributed by atoms with Gasteiger partial charge in [-0.25, -0.2) is 0 Å². The lowest BCUT2D eigenvalue weighted by atomic mass is 10.2. The Bertz CT molecular complexity index is 532. The third-order valence-electron chi connectivity index (χ3n) is 1.76. The van der Waals surface area contributed by atoms with E-state index in [1.807, 2.05) is 0 Å². The first kappa shape index (κ1) is 14.5. The Balaban J connectivity index is 0.00000162. The molecule has 0 spiro atoms. The van der Waals surface area contributed by atoms with Gasteiger partial charge in [-0.05, 0) is 12.1 Å². The molecular formula is C9H7ClF3N3OS. The van der Waals surface area contributed by atoms with E-state index in [0.717, 1.165) is 11.3 Å². The summed E-state index contributed by atoms with van der Waals surface area (Å²) in [6.45, 7) is 0. The molecule has 1 heterocycles. The SMILES string of the molecule is Cl.Nc1nnc(-c2cccc(OC(F)(F)F)c2)s1. The van der Waals surface area contributed by atoms with Gasteiger partial charge in [0.05, 0.1) is 0 Å². The number of rotatable bonds is 2. The fourth-order valence-corrected chi connectivity index (χ4v) is 1.78. The zero-order valence-corrected chi connectivity index (χ0v) is 10.3. The van der Waals surface area contributed by atoms with Crippen molar-refractivity contribution in [3.8, 4) is 16.3 Å². The van der Waals surface area contributed by atoms with Gasteiger partial charge >= 0.3 is 6.36 Å². The van der Waals surface area contributed by atoms with Gasteiger partial charge in [-0.3, -0.25) is 0 Å². The standard InChI is InChI=1S/C9H6F3N3OS.ClH/c10-9(11,12)16-6-3-1-2-5(4-6)7-14-15-8(13)17-7;/h1-4H,(H2,13,15);1H. The van der Waals surface area contributed by atoms with E-state index in [4.69, 9.17) is 5.73 Å². The van der Waals surface area contributed by atoms with Gasteiger partial charge in [-0.1, -0.05) is 23.5 Å². The second-order valence-electron chi connectivity index (χ2n) is 3.02. The third-order valence-corrected chi connectivity index (χ3v) is 2.56. The average molecular weight is 298 g/mol. The van der Waals surface area contributed by atoms with Crippen LogP contribution in [0, 0.1) is 0 Å². The Morgan fingerprint density at radius 1 is 1.22 bits per heavy atom. The summed E-state index contributed by atoms with van der Waals surface area (Å²) in [5.41, 5.74) is 5.86. The maximum atomic E-state index is 12.0. The number of nitrogens with two attached hydrogens (primary N) is 1. The predicted molar refractivity (Wildman–Crippen MR) is 63.7 cm³/mol. The van der Waals surface area contributed by atoms with E-state index in [1.54, 1.807) is 6.07 Å². The molecule has 18 heavy (non-hydrogen) atoms. The molecule has 0 amide bonds. The molecule has 0 aliphatic carbocycles. The van der Waals surface area contributed by atoms with E-state index in [2.05, 4.69) is 14.9 Å². The second-order valence-corrected chi connectivity index (χ2v) is 4.03. The first-order valence-electron chi connectivity index (χ1n) is 4.39. The minimum atomic E-state index is -4.71. The quantitative estimate of drug-likeness (QED) is 0.925. The highest BCUT2D eigenvalue weighted by molar-refractivity contribution is 7.18. The maximum absolute atomic E-state index is 12.0. The summed E-state index contributed by atoms with van der Waals surface area (Å²) in [5.74, 6) is -0.302. The van der Waals surface area contributed by atoms with Crippen LogP contribution >= 0.6 is 23.7 Å². The molecule has 0 aliphatic rings. The summed E-state index contributed by atoms with van der Waals surface area (Å²) >= 11 is 1.09. The van der Waals surface area contributed by atoms with Gasteiger partial charge in [0, 0.05) is 5.56 Å². The Hall–Kier alpha value is -1.54. The molecule has 0 bridgehead atoms. The normalized spacial score (nSPS) is 10.8. The van der Waals surface area contributed by atoms with Crippen LogP contribution < -0.4 is 10.5 Å². The van der Waals surface area contributed by atoms with Crippen molar-refractivity contribution in [2.24, 2.45) is 0 Å². The highest BCUT2D eigenvalue weighted by Gasteiger charge is 2.31. The van der Waals surface area contributed by atoms with Gasteiger partial charge in [0.25, 0.3) is 0 Å². The van der Waals surface area contributed by atoms with E-state index in [9.17, 15) is 13.2 Å². The monoisotopic (exact) mass is 297 g/mol. The lowest BCUT2D eigenvalue weighted by molar-refractivity contribution is -0.274. The van der Waals surface area contributed by atoms with Gasteiger partial charge in [-0.2, -0.15) is 0 Å². The number of benzene rings is 1. The predicted octanol–water partition coefficient (Wildman–Crippen LogP) is 3.11. The van der Waals surface area contributed by atoms with Gasteiger partial charge in [-0.15, -0.1) is 35.8 Å². The van der Waals surface area contributed by atoms with Crippen LogP contribution in [-0.4, -0.2) is 16.6 Å². The lowest BCUT2D eigenvalue weighted by Crippen LogP contribution is -2.17. The van der Waals surface area contributed by atoms with Gasteiger partial charge < -0.3 is 10.5 Å². The van der Waals surface area contributed by atoms with Crippen molar-refractivity contribution in [1.82, 2.24) is 10.2 Å². The third kappa shape index (κ3) is 3.74. The molecule has 2 N–H and O–H groups in total. The van der Waals surface area contributed by atoms with Crippen LogP contribution in [0.5, 0.6) is 5.75 Å². The highest BCUT2D eigenvalue weighted by Crippen LogP contribution is 2.29. The summed E-state index contributed by atoms with van der Waals surface area (Å²) in [6, 6.07) is 5.48. The molecular weight excluding hydrogens is 291 g/mol. The zero-order valence-electron chi connectivity index (χ0n) is 8.64. The van der Waals surface area contributed by atoms with Crippen LogP contribution in [0.4, 0.5) is 18.3 Å². The van der Waals surface area contributed by atoms with Crippen LogP contribution in [0.25, 0.3) is 10.6 Å². The van der Waals surface area contributed by atoms with E-state index in [1.165, 1.54) is 18.2 Å². The Morgan fingerprint density at radius 3 is 2.50 bits per heavy atom. The van der Waals surface area contributed by atoms with E-state index in [0.29, 0.717) is 10.6 Å². The number of nitrogen functional groups attached to an aromatic ring is 1. The molecule has 0 fully saturated rings. The number of alkyl halides is 3. The lowest BCUT2D eigenvalue weighted by Gasteiger charge is -2.08. The van der Waals surface area contributed by atoms with Crippen molar-refractivity contribution in [1.29, 1.82) is 0 Å². The molecule has 0 saturated heterocycles. The van der Waals surface area contributed by atoms with Crippen molar-refractivity contribution < 1.29 is 17.9 Å². The van der Waals surface area contributed by atoms with Crippen LogP contribution in [0.1, 0.15) is 0 Å². The molecule has 1 aromatic carbocycles. The second kappa shape index (κ2) is 5.40. The Kier molecular flexibility index (Phi) is 4.36. The molecule has 0 atom stereocenters. The topological polar surface area (TPSA) is 61.0 Å². The smallest absolute Gasteiger partial charge is 0.406 e. The van der Waals surface area contributed by atoms with Gasteiger partial charge in [0.2, 0.25) is 5.13 Å². The minimum Gasteiger partial charge on any atom is -0.406 e. The van der Waals surface area contributed by atoms with Crippen molar-refractivity contribution in [2.45, 2.75) is 6.36 Å². The summed E-state index contributed by atoms with van der Waals surface area (Å²) in [7, 11) is 0. The molecule has 98 valence electrons. The van der Waals surface area contributed by atoms with E-state index in [-0.39, 0.29) is 23.3 Å². The zero-order chi connectivity index (χ0) is 12.5. The summed E-state index contributed by atoms with van der Waals surface area (Å²) in [5, 5.41) is 8.00. The number of halogens is 4. The first-order valence-corrected chi connectivity index (χ1v) is 5.21. The number of nitrogens with zero attached hydrogens (tertiary/aromatic N) is 2. The summed E-state index contributed by atoms with van der Waals surface area (Å²) in [4.78, 5) is 0. The average Bonchev–Trinajstić information content (AvgIpc) is 2.63. The number of aromatic nitrogens is 2. The highest BCUT2D eigenvalue weighted by atomic mass is 35.5. The van der Waals surface area contributed by atoms with Crippen LogP contribution in [0.2, 0.25) is 0 Å². The molecule has 1 aromatic heterocycles. The molecule has 0 unspecified atom stereocenters. The number of anilines is 1. The molecule has 0 saturated carbocycles. The fraction of sp³-hybridized carbons (Fsp3) is 0.111. The summed E-state index contributed by atoms with van der Waals surface area (Å²) < 4.78 is 39.8. The summed E-state index contributed by atoms with van der Waals surface area (Å²) in [6.07, 6.45) is -4.71. The van der Waals surface area contributed by atoms with E-state index >= 15 is 0 Å². The number of hydrogen-bond donors (Lipinski definition) is 1. The number of hydrogen-bond acceptors (Lipinski definition) is 5. The maximum Gasteiger partial charge on any atom is 0.573 e. The van der Waals surface area contributed by atoms with Crippen LogP contribution in [0.15, 0.2) is 24.3 Å². The largest absolute Gasteiger partial charge is 0.573 e. The van der Waals surface area contributed by atoms with Gasteiger partial charge in [0.15, 0.2) is 0 Å². The first-order chi connectivity index (χ1) is 7.94. The molecule has 9 heteroatoms. The fourth-order valence-electron chi connectivity index (χ4n) is 1.18. The Morgan fingerprint density at radius 2 is 1.94 bits per heavy atom. The van der Waals surface area contributed by atoms with Crippen molar-refractivity contribution in [3.63, 3.8) is 0 Å². The molecule has 4 nitrogen and oxygen atoms in total. The van der Waals surface area contributed by atoms with Crippen LogP contribution in [0.3, 0.4) is 0 Å². The molecule has 0 radical (unpaired) electrons.